The standard InChI is InChI=1S/C15H15ClN4O/c1-9-13-14(20-15(16)17-9)18-11(7-8-12(21)19-13)10-5-3-2-4-6-10/h2-6,11H,7-8H2,1H3,(H,19,21)(H,17,18,20). The first-order valence-corrected chi connectivity index (χ1v) is 7.17. The maximum atomic E-state index is 12.0. The van der Waals surface area contributed by atoms with Crippen LogP contribution in [-0.2, 0) is 4.79 Å². The molecule has 1 amide bonds. The molecule has 108 valence electrons. The molecule has 0 saturated heterocycles. The van der Waals surface area contributed by atoms with Crippen molar-refractivity contribution in [1.82, 2.24) is 9.97 Å². The molecule has 1 unspecified atom stereocenters. The number of benzene rings is 1. The summed E-state index contributed by atoms with van der Waals surface area (Å²) < 4.78 is 0. The summed E-state index contributed by atoms with van der Waals surface area (Å²) in [7, 11) is 0. The molecule has 3 rings (SSSR count). The number of nitrogens with one attached hydrogen (secondary N) is 2. The van der Waals surface area contributed by atoms with E-state index in [1.807, 2.05) is 30.3 Å². The van der Waals surface area contributed by atoms with Crippen LogP contribution >= 0.6 is 11.6 Å². The highest BCUT2D eigenvalue weighted by atomic mass is 35.5. The van der Waals surface area contributed by atoms with E-state index in [1.165, 1.54) is 0 Å². The lowest BCUT2D eigenvalue weighted by atomic mass is 10.0. The summed E-state index contributed by atoms with van der Waals surface area (Å²) in [6.07, 6.45) is 1.13. The molecule has 0 aliphatic carbocycles. The number of aryl methyl sites for hydroxylation is 1. The SMILES string of the molecule is Cc1nc(Cl)nc2c1NC(=O)CCC(c1ccccc1)N2. The van der Waals surface area contributed by atoms with Gasteiger partial charge in [-0.15, -0.1) is 0 Å². The number of nitrogens with zero attached hydrogens (tertiary/aromatic N) is 2. The Labute approximate surface area is 127 Å². The van der Waals surface area contributed by atoms with Crippen LogP contribution in [0.1, 0.15) is 30.1 Å². The van der Waals surface area contributed by atoms with E-state index in [-0.39, 0.29) is 17.2 Å². The van der Waals surface area contributed by atoms with E-state index >= 15 is 0 Å². The fraction of sp³-hybridized carbons (Fsp3) is 0.267. The van der Waals surface area contributed by atoms with E-state index < -0.39 is 0 Å². The Bertz CT molecular complexity index is 675. The van der Waals surface area contributed by atoms with Crippen molar-refractivity contribution in [3.63, 3.8) is 0 Å². The Balaban J connectivity index is 2.03. The quantitative estimate of drug-likeness (QED) is 0.793. The number of rotatable bonds is 1. The molecule has 0 radical (unpaired) electrons. The molecular formula is C15H15ClN4O. The molecule has 2 aromatic rings. The Morgan fingerprint density at radius 2 is 2.00 bits per heavy atom. The van der Waals surface area contributed by atoms with E-state index in [1.54, 1.807) is 6.92 Å². The normalized spacial score (nSPS) is 18.0. The zero-order chi connectivity index (χ0) is 14.8. The van der Waals surface area contributed by atoms with Crippen LogP contribution in [0.2, 0.25) is 5.28 Å². The maximum Gasteiger partial charge on any atom is 0.224 e. The van der Waals surface area contributed by atoms with Crippen molar-refractivity contribution in [2.24, 2.45) is 0 Å². The van der Waals surface area contributed by atoms with Gasteiger partial charge in [0.2, 0.25) is 11.2 Å². The lowest BCUT2D eigenvalue weighted by Gasteiger charge is -2.25. The minimum Gasteiger partial charge on any atom is -0.361 e. The van der Waals surface area contributed by atoms with Crippen molar-refractivity contribution in [2.45, 2.75) is 25.8 Å². The highest BCUT2D eigenvalue weighted by Crippen LogP contribution is 2.32. The highest BCUT2D eigenvalue weighted by Gasteiger charge is 2.22. The van der Waals surface area contributed by atoms with Gasteiger partial charge in [-0.2, -0.15) is 4.98 Å². The number of hydrogen-bond acceptors (Lipinski definition) is 4. The van der Waals surface area contributed by atoms with Crippen LogP contribution in [0.25, 0.3) is 0 Å². The molecule has 1 atom stereocenters. The van der Waals surface area contributed by atoms with Crippen molar-refractivity contribution in [3.05, 3.63) is 46.9 Å². The smallest absolute Gasteiger partial charge is 0.224 e. The first kappa shape index (κ1) is 13.8. The van der Waals surface area contributed by atoms with Gasteiger partial charge in [-0.25, -0.2) is 4.98 Å². The van der Waals surface area contributed by atoms with Gasteiger partial charge in [-0.05, 0) is 30.5 Å². The topological polar surface area (TPSA) is 66.9 Å². The van der Waals surface area contributed by atoms with Crippen molar-refractivity contribution >= 4 is 29.0 Å². The molecule has 5 nitrogen and oxygen atoms in total. The zero-order valence-corrected chi connectivity index (χ0v) is 12.3. The number of anilines is 2. The Morgan fingerprint density at radius 3 is 2.76 bits per heavy atom. The highest BCUT2D eigenvalue weighted by molar-refractivity contribution is 6.28. The lowest BCUT2D eigenvalue weighted by Crippen LogP contribution is -2.23. The fourth-order valence-corrected chi connectivity index (χ4v) is 2.65. The lowest BCUT2D eigenvalue weighted by molar-refractivity contribution is -0.116. The van der Waals surface area contributed by atoms with Crippen molar-refractivity contribution < 1.29 is 4.79 Å². The minimum atomic E-state index is -0.0345. The van der Waals surface area contributed by atoms with E-state index in [0.717, 1.165) is 5.56 Å². The number of carbonyl (C=O) groups is 1. The van der Waals surface area contributed by atoms with Crippen LogP contribution in [0.15, 0.2) is 30.3 Å². The summed E-state index contributed by atoms with van der Waals surface area (Å²) >= 11 is 5.93. The van der Waals surface area contributed by atoms with Gasteiger partial charge < -0.3 is 10.6 Å². The predicted molar refractivity (Wildman–Crippen MR) is 82.4 cm³/mol. The summed E-state index contributed by atoms with van der Waals surface area (Å²) in [4.78, 5) is 20.3. The molecule has 0 saturated carbocycles. The largest absolute Gasteiger partial charge is 0.361 e. The van der Waals surface area contributed by atoms with Gasteiger partial charge in [0.25, 0.3) is 0 Å². The average molecular weight is 303 g/mol. The third kappa shape index (κ3) is 2.97. The van der Waals surface area contributed by atoms with Gasteiger partial charge in [0.15, 0.2) is 5.82 Å². The number of halogens is 1. The summed E-state index contributed by atoms with van der Waals surface area (Å²) in [5, 5.41) is 6.38. The number of carbonyl (C=O) groups excluding carboxylic acids is 1. The maximum absolute atomic E-state index is 12.0. The molecule has 1 aliphatic heterocycles. The van der Waals surface area contributed by atoms with Gasteiger partial charge in [-0.1, -0.05) is 30.3 Å². The van der Waals surface area contributed by atoms with E-state index in [2.05, 4.69) is 20.6 Å². The summed E-state index contributed by atoms with van der Waals surface area (Å²) in [5.41, 5.74) is 2.37. The van der Waals surface area contributed by atoms with Gasteiger partial charge >= 0.3 is 0 Å². The number of hydrogen-bond donors (Lipinski definition) is 2. The molecule has 2 heterocycles. The molecule has 1 aromatic heterocycles. The van der Waals surface area contributed by atoms with E-state index in [9.17, 15) is 4.79 Å². The number of fused-ring (bicyclic) bond motifs is 1. The molecule has 0 bridgehead atoms. The van der Waals surface area contributed by atoms with E-state index in [4.69, 9.17) is 11.6 Å². The fourth-order valence-electron chi connectivity index (χ4n) is 2.44. The minimum absolute atomic E-state index is 0.0152. The van der Waals surface area contributed by atoms with Crippen LogP contribution in [0.4, 0.5) is 11.5 Å². The Morgan fingerprint density at radius 1 is 1.24 bits per heavy atom. The second kappa shape index (κ2) is 5.69. The summed E-state index contributed by atoms with van der Waals surface area (Å²) in [6, 6.07) is 10.0. The number of aromatic nitrogens is 2. The Hall–Kier alpha value is -2.14. The molecule has 1 aliphatic rings. The average Bonchev–Trinajstić information content (AvgIpc) is 2.45. The second-order valence-corrected chi connectivity index (χ2v) is 5.33. The van der Waals surface area contributed by atoms with Gasteiger partial charge in [0.1, 0.15) is 5.69 Å². The van der Waals surface area contributed by atoms with Crippen molar-refractivity contribution in [3.8, 4) is 0 Å². The summed E-state index contributed by atoms with van der Waals surface area (Å²) in [5.74, 6) is 0.530. The van der Waals surface area contributed by atoms with Crippen molar-refractivity contribution in [1.29, 1.82) is 0 Å². The van der Waals surface area contributed by atoms with Crippen LogP contribution in [0.3, 0.4) is 0 Å². The van der Waals surface area contributed by atoms with Crippen molar-refractivity contribution in [2.75, 3.05) is 10.6 Å². The van der Waals surface area contributed by atoms with Gasteiger partial charge in [-0.3, -0.25) is 4.79 Å². The molecule has 1 aromatic carbocycles. The second-order valence-electron chi connectivity index (χ2n) is 5.00. The molecule has 0 spiro atoms. The first-order valence-electron chi connectivity index (χ1n) is 6.79. The molecule has 6 heteroatoms. The third-order valence-electron chi connectivity index (χ3n) is 3.50. The zero-order valence-electron chi connectivity index (χ0n) is 11.6. The Kier molecular flexibility index (Phi) is 3.75. The van der Waals surface area contributed by atoms with Crippen LogP contribution < -0.4 is 10.6 Å². The molecule has 21 heavy (non-hydrogen) atoms. The van der Waals surface area contributed by atoms with Crippen LogP contribution in [-0.4, -0.2) is 15.9 Å². The first-order chi connectivity index (χ1) is 10.1. The van der Waals surface area contributed by atoms with Gasteiger partial charge in [0, 0.05) is 6.42 Å². The van der Waals surface area contributed by atoms with Crippen LogP contribution in [0, 0.1) is 6.92 Å². The molecule has 0 fully saturated rings. The van der Waals surface area contributed by atoms with E-state index in [0.29, 0.717) is 30.0 Å². The van der Waals surface area contributed by atoms with Gasteiger partial charge in [0.05, 0.1) is 11.7 Å². The van der Waals surface area contributed by atoms with Crippen LogP contribution in [0.5, 0.6) is 0 Å². The molecule has 2 N–H and O–H groups in total. The number of amides is 1. The molecular weight excluding hydrogens is 288 g/mol. The predicted octanol–water partition coefficient (Wildman–Crippen LogP) is 3.32. The third-order valence-corrected chi connectivity index (χ3v) is 3.67. The monoisotopic (exact) mass is 302 g/mol. The summed E-state index contributed by atoms with van der Waals surface area (Å²) in [6.45, 7) is 1.80.